The zero-order valence-corrected chi connectivity index (χ0v) is 32.2. The molecule has 0 aliphatic rings. The summed E-state index contributed by atoms with van der Waals surface area (Å²) in [5.41, 5.74) is 9.21. The van der Waals surface area contributed by atoms with Crippen molar-refractivity contribution in [1.82, 2.24) is 0 Å². The van der Waals surface area contributed by atoms with Gasteiger partial charge in [0.25, 0.3) is 0 Å². The summed E-state index contributed by atoms with van der Waals surface area (Å²) in [5.74, 6) is -57.2. The Hall–Kier alpha value is -6.43. The Balaban J connectivity index is 1.48. The number of anilines is 2. The van der Waals surface area contributed by atoms with Gasteiger partial charge in [-0.3, -0.25) is 0 Å². The van der Waals surface area contributed by atoms with Crippen LogP contribution in [-0.2, 0) is 9.84 Å². The monoisotopic (exact) mass is 1020 g/mol. The minimum absolute atomic E-state index is 0.305. The standard InChI is InChI=1S/C36H18F22N2O6S/c37-25(29(41,42)31(45,46)33(49,50)35(53,54)55)27(39)65-23-13-17(5-11-21(23)59)63-15-1-7-19(8-2-15)67(61,62)20-9-3-16(4-10-20)64-18-6-12-22(60)24(14-18)66-28(40)26(38)30(43,44)32(47,48)34(51,52)36(56,57)58/h1-14H,59-60H2. The Morgan fingerprint density at radius 1 is 0.403 bits per heavy atom. The van der Waals surface area contributed by atoms with Crippen LogP contribution in [0.2, 0.25) is 0 Å². The summed E-state index contributed by atoms with van der Waals surface area (Å²) >= 11 is 0. The summed E-state index contributed by atoms with van der Waals surface area (Å²) in [6.45, 7) is 0. The Morgan fingerprint density at radius 2 is 0.672 bits per heavy atom. The number of nitrogen functional groups attached to an aromatic ring is 2. The third-order valence-corrected chi connectivity index (χ3v) is 10.1. The van der Waals surface area contributed by atoms with Crippen LogP contribution in [0, 0.1) is 0 Å². The third kappa shape index (κ3) is 9.85. The van der Waals surface area contributed by atoms with E-state index in [4.69, 9.17) is 20.9 Å². The van der Waals surface area contributed by atoms with Crippen LogP contribution in [0.15, 0.2) is 118 Å². The van der Waals surface area contributed by atoms with Crippen molar-refractivity contribution in [1.29, 1.82) is 0 Å². The molecule has 4 N–H and O–H groups in total. The van der Waals surface area contributed by atoms with E-state index in [9.17, 15) is 105 Å². The van der Waals surface area contributed by atoms with E-state index in [1.807, 2.05) is 0 Å². The van der Waals surface area contributed by atoms with Crippen molar-refractivity contribution >= 4 is 21.2 Å². The minimum atomic E-state index is -7.59. The van der Waals surface area contributed by atoms with E-state index in [1.54, 1.807) is 0 Å². The van der Waals surface area contributed by atoms with E-state index in [1.165, 1.54) is 0 Å². The molecule has 368 valence electrons. The quantitative estimate of drug-likeness (QED) is 0.0646. The lowest BCUT2D eigenvalue weighted by atomic mass is 10.0. The first-order chi connectivity index (χ1) is 30.3. The van der Waals surface area contributed by atoms with Gasteiger partial charge in [0.05, 0.1) is 21.2 Å². The molecule has 0 atom stereocenters. The van der Waals surface area contributed by atoms with Crippen molar-refractivity contribution in [2.24, 2.45) is 0 Å². The molecule has 0 amide bonds. The zero-order chi connectivity index (χ0) is 51.3. The van der Waals surface area contributed by atoms with Gasteiger partial charge in [-0.1, -0.05) is 0 Å². The van der Waals surface area contributed by atoms with E-state index >= 15 is 0 Å². The van der Waals surface area contributed by atoms with Gasteiger partial charge in [-0.15, -0.1) is 0 Å². The fourth-order valence-electron chi connectivity index (χ4n) is 4.67. The van der Waals surface area contributed by atoms with Crippen molar-refractivity contribution in [3.63, 3.8) is 0 Å². The molecule has 0 heterocycles. The van der Waals surface area contributed by atoms with Gasteiger partial charge >= 0.3 is 59.9 Å². The summed E-state index contributed by atoms with van der Waals surface area (Å²) < 4.78 is 338. The first-order valence-corrected chi connectivity index (χ1v) is 18.2. The number of hydrogen-bond donors (Lipinski definition) is 2. The van der Waals surface area contributed by atoms with Crippen molar-refractivity contribution in [2.75, 3.05) is 11.5 Å². The number of alkyl halides is 18. The zero-order valence-electron chi connectivity index (χ0n) is 31.4. The molecule has 0 bridgehead atoms. The molecule has 8 nitrogen and oxygen atoms in total. The van der Waals surface area contributed by atoms with Crippen LogP contribution in [0.4, 0.5) is 108 Å². The van der Waals surface area contributed by atoms with Crippen molar-refractivity contribution in [2.45, 2.75) is 57.7 Å². The predicted molar refractivity (Wildman–Crippen MR) is 182 cm³/mol. The molecule has 0 aliphatic carbocycles. The molecule has 4 rings (SSSR count). The molecule has 0 aromatic heterocycles. The first-order valence-electron chi connectivity index (χ1n) is 16.7. The normalized spacial score (nSPS) is 14.5. The average Bonchev–Trinajstić information content (AvgIpc) is 3.21. The van der Waals surface area contributed by atoms with Gasteiger partial charge in [-0.2, -0.15) is 96.6 Å². The molecule has 0 unspecified atom stereocenters. The van der Waals surface area contributed by atoms with Gasteiger partial charge < -0.3 is 30.4 Å². The summed E-state index contributed by atoms with van der Waals surface area (Å²) in [7, 11) is -4.46. The van der Waals surface area contributed by atoms with Crippen molar-refractivity contribution in [3.05, 3.63) is 109 Å². The molecule has 31 heteroatoms. The molecule has 0 spiro atoms. The molecule has 0 saturated carbocycles. The second kappa shape index (κ2) is 17.7. The summed E-state index contributed by atoms with van der Waals surface area (Å²) in [6, 6.07) is 4.69. The molecule has 4 aromatic rings. The minimum Gasteiger partial charge on any atom is -0.457 e. The molecule has 4 aromatic carbocycles. The van der Waals surface area contributed by atoms with Gasteiger partial charge in [0, 0.05) is 12.1 Å². The van der Waals surface area contributed by atoms with Gasteiger partial charge in [0.2, 0.25) is 21.5 Å². The lowest BCUT2D eigenvalue weighted by Gasteiger charge is -2.32. The number of rotatable bonds is 16. The second-order valence-electron chi connectivity index (χ2n) is 12.9. The first kappa shape index (κ1) is 53.2. The maximum absolute atomic E-state index is 14.2. The number of sulfone groups is 1. The molecule has 67 heavy (non-hydrogen) atoms. The molecule has 0 fully saturated rings. The highest BCUT2D eigenvalue weighted by Crippen LogP contribution is 2.57. The maximum atomic E-state index is 14.2. The highest BCUT2D eigenvalue weighted by Gasteiger charge is 2.84. The largest absolute Gasteiger partial charge is 0.460 e. The van der Waals surface area contributed by atoms with Crippen LogP contribution in [0.5, 0.6) is 34.5 Å². The molecule has 0 aliphatic heterocycles. The van der Waals surface area contributed by atoms with Crippen molar-refractivity contribution in [3.8, 4) is 34.5 Å². The number of allylic oxidation sites excluding steroid dienone is 2. The Morgan fingerprint density at radius 3 is 0.940 bits per heavy atom. The highest BCUT2D eigenvalue weighted by atomic mass is 32.2. The van der Waals surface area contributed by atoms with Crippen molar-refractivity contribution < 1.29 is 124 Å². The fourth-order valence-corrected chi connectivity index (χ4v) is 5.93. The lowest BCUT2D eigenvalue weighted by molar-refractivity contribution is -0.392. The molecular weight excluding hydrogens is 1010 g/mol. The van der Waals surface area contributed by atoms with Crippen LogP contribution in [-0.4, -0.2) is 56.3 Å². The van der Waals surface area contributed by atoms with E-state index in [2.05, 4.69) is 9.47 Å². The maximum Gasteiger partial charge on any atom is 0.460 e. The second-order valence-corrected chi connectivity index (χ2v) is 14.8. The van der Waals surface area contributed by atoms with Gasteiger partial charge in [0.15, 0.2) is 11.5 Å². The van der Waals surface area contributed by atoms with E-state index < -0.39 is 126 Å². The summed E-state index contributed by atoms with van der Waals surface area (Å²) in [4.78, 5) is -0.973. The van der Waals surface area contributed by atoms with Crippen LogP contribution in [0.1, 0.15) is 0 Å². The Kier molecular flexibility index (Phi) is 14.0. The molecule has 0 radical (unpaired) electrons. The third-order valence-electron chi connectivity index (χ3n) is 8.29. The number of halogens is 22. The number of hydrogen-bond acceptors (Lipinski definition) is 8. The molecule has 0 saturated heterocycles. The van der Waals surface area contributed by atoms with Crippen LogP contribution < -0.4 is 30.4 Å². The Labute approximate surface area is 357 Å². The van der Waals surface area contributed by atoms with E-state index in [0.717, 1.165) is 72.8 Å². The van der Waals surface area contributed by atoms with E-state index in [-0.39, 0.29) is 11.5 Å². The lowest BCUT2D eigenvalue weighted by Crippen LogP contribution is -2.61. The van der Waals surface area contributed by atoms with Gasteiger partial charge in [-0.25, -0.2) is 8.42 Å². The molecular formula is C36H18F22N2O6S. The summed E-state index contributed by atoms with van der Waals surface area (Å²) in [6.07, 6.45) is -14.7. The van der Waals surface area contributed by atoms with Gasteiger partial charge in [-0.05, 0) is 72.8 Å². The topological polar surface area (TPSA) is 123 Å². The van der Waals surface area contributed by atoms with Crippen LogP contribution in [0.25, 0.3) is 0 Å². The number of nitrogens with two attached hydrogens (primary N) is 2. The fraction of sp³-hybridized carbons (Fsp3) is 0.222. The van der Waals surface area contributed by atoms with Crippen LogP contribution >= 0.6 is 0 Å². The van der Waals surface area contributed by atoms with Crippen LogP contribution in [0.3, 0.4) is 0 Å². The van der Waals surface area contributed by atoms with Gasteiger partial charge in [0.1, 0.15) is 23.0 Å². The number of ether oxygens (including phenoxy) is 4. The Bertz CT molecular complexity index is 2480. The predicted octanol–water partition coefficient (Wildman–Crippen LogP) is 13.2. The van der Waals surface area contributed by atoms with E-state index in [0.29, 0.717) is 12.1 Å². The highest BCUT2D eigenvalue weighted by molar-refractivity contribution is 7.91. The SMILES string of the molecule is Nc1ccc(Oc2ccc(S(=O)(=O)c3ccc(Oc4ccc(N)c(OC(F)=C(F)C(F)(F)C(F)(F)C(F)(F)C(F)(F)F)c4)cc3)cc2)cc1OC(F)=C(F)C(F)(F)C(F)(F)C(F)(F)C(F)(F)F. The smallest absolute Gasteiger partial charge is 0.457 e. The average molecular weight is 1020 g/mol. The number of benzene rings is 4. The summed E-state index contributed by atoms with van der Waals surface area (Å²) in [5, 5.41) is 0.